The molecule has 0 radical (unpaired) electrons. The van der Waals surface area contributed by atoms with Crippen LogP contribution in [0.2, 0.25) is 0 Å². The first kappa shape index (κ1) is 16.4. The van der Waals surface area contributed by atoms with Crippen LogP contribution in [0.4, 0.5) is 0 Å². The molecule has 6 heteroatoms. The van der Waals surface area contributed by atoms with Crippen LogP contribution in [0.1, 0.15) is 32.6 Å². The highest BCUT2D eigenvalue weighted by Crippen LogP contribution is 2.32. The maximum absolute atomic E-state index is 11.9. The quantitative estimate of drug-likeness (QED) is 0.460. The van der Waals surface area contributed by atoms with Crippen molar-refractivity contribution in [3.63, 3.8) is 0 Å². The summed E-state index contributed by atoms with van der Waals surface area (Å²) in [5, 5.41) is 8.65. The van der Waals surface area contributed by atoms with E-state index in [1.54, 1.807) is 6.92 Å². The molecule has 0 spiro atoms. The van der Waals surface area contributed by atoms with Gasteiger partial charge in [-0.2, -0.15) is 0 Å². The first-order valence-electron chi connectivity index (χ1n) is 6.76. The van der Waals surface area contributed by atoms with E-state index in [1.807, 2.05) is 0 Å². The lowest BCUT2D eigenvalue weighted by atomic mass is 9.79. The summed E-state index contributed by atoms with van der Waals surface area (Å²) < 4.78 is 9.56. The second-order valence-corrected chi connectivity index (χ2v) is 4.63. The zero-order valence-electron chi connectivity index (χ0n) is 11.5. The number of hydrogen-bond acceptors (Lipinski definition) is 6. The molecule has 1 N–H and O–H groups in total. The highest BCUT2D eigenvalue weighted by Gasteiger charge is 2.38. The average Bonchev–Trinajstić information content (AvgIpc) is 2.44. The molecule has 0 amide bonds. The lowest BCUT2D eigenvalue weighted by molar-refractivity contribution is -0.168. The molecule has 2 unspecified atom stereocenters. The van der Waals surface area contributed by atoms with Crippen molar-refractivity contribution in [2.24, 2.45) is 11.8 Å². The Bertz CT molecular complexity index is 387. The van der Waals surface area contributed by atoms with Gasteiger partial charge in [0.05, 0.1) is 18.4 Å². The molecule has 1 fully saturated rings. The maximum atomic E-state index is 11.9. The van der Waals surface area contributed by atoms with E-state index in [4.69, 9.17) is 14.6 Å². The van der Waals surface area contributed by atoms with Gasteiger partial charge in [-0.25, -0.2) is 4.79 Å². The summed E-state index contributed by atoms with van der Waals surface area (Å²) in [5.41, 5.74) is 0. The summed E-state index contributed by atoms with van der Waals surface area (Å²) in [6.45, 7) is 1.30. The Morgan fingerprint density at radius 2 is 1.75 bits per heavy atom. The summed E-state index contributed by atoms with van der Waals surface area (Å²) in [6.07, 6.45) is 5.29. The molecule has 112 valence electrons. The fourth-order valence-electron chi connectivity index (χ4n) is 2.29. The van der Waals surface area contributed by atoms with Crippen LogP contribution < -0.4 is 0 Å². The largest absolute Gasteiger partial charge is 0.463 e. The zero-order chi connectivity index (χ0) is 15.0. The average molecular weight is 284 g/mol. The van der Waals surface area contributed by atoms with E-state index in [2.05, 4.69) is 0 Å². The SMILES string of the molecule is CC=CC(=O)OC(=O)C1CCCCC1C(=O)OCCO. The third-order valence-corrected chi connectivity index (χ3v) is 3.21. The van der Waals surface area contributed by atoms with Gasteiger partial charge in [-0.15, -0.1) is 0 Å². The van der Waals surface area contributed by atoms with Crippen LogP contribution in [-0.4, -0.2) is 36.2 Å². The number of ether oxygens (including phenoxy) is 2. The number of esters is 3. The van der Waals surface area contributed by atoms with E-state index in [1.165, 1.54) is 6.08 Å². The second kappa shape index (κ2) is 8.47. The minimum Gasteiger partial charge on any atom is -0.463 e. The van der Waals surface area contributed by atoms with Crippen LogP contribution >= 0.6 is 0 Å². The summed E-state index contributed by atoms with van der Waals surface area (Å²) in [7, 11) is 0. The third-order valence-electron chi connectivity index (χ3n) is 3.21. The van der Waals surface area contributed by atoms with Gasteiger partial charge in [-0.3, -0.25) is 9.59 Å². The molecule has 0 bridgehead atoms. The molecule has 2 atom stereocenters. The normalized spacial score (nSPS) is 22.5. The van der Waals surface area contributed by atoms with E-state index >= 15 is 0 Å². The van der Waals surface area contributed by atoms with Gasteiger partial charge in [0.2, 0.25) is 0 Å². The minimum atomic E-state index is -0.731. The van der Waals surface area contributed by atoms with Crippen LogP contribution in [0.3, 0.4) is 0 Å². The van der Waals surface area contributed by atoms with Crippen molar-refractivity contribution in [1.82, 2.24) is 0 Å². The van der Waals surface area contributed by atoms with E-state index < -0.39 is 29.7 Å². The van der Waals surface area contributed by atoms with Gasteiger partial charge in [0.25, 0.3) is 0 Å². The Balaban J connectivity index is 2.65. The number of aliphatic hydroxyl groups excluding tert-OH is 1. The van der Waals surface area contributed by atoms with Crippen LogP contribution in [0.5, 0.6) is 0 Å². The predicted octanol–water partition coefficient (Wildman–Crippen LogP) is 0.974. The van der Waals surface area contributed by atoms with E-state index in [9.17, 15) is 14.4 Å². The molecule has 0 aromatic rings. The highest BCUT2D eigenvalue weighted by atomic mass is 16.6. The molecule has 1 rings (SSSR count). The molecule has 20 heavy (non-hydrogen) atoms. The fourth-order valence-corrected chi connectivity index (χ4v) is 2.29. The molecule has 1 aliphatic rings. The maximum Gasteiger partial charge on any atom is 0.338 e. The van der Waals surface area contributed by atoms with Gasteiger partial charge in [-0.05, 0) is 19.8 Å². The molecule has 1 aliphatic carbocycles. The smallest absolute Gasteiger partial charge is 0.338 e. The summed E-state index contributed by atoms with van der Waals surface area (Å²) in [4.78, 5) is 35.0. The summed E-state index contributed by atoms with van der Waals surface area (Å²) in [5.74, 6) is -3.17. The molecule has 0 heterocycles. The Kier molecular flexibility index (Phi) is 6.93. The Morgan fingerprint density at radius 3 is 2.30 bits per heavy atom. The van der Waals surface area contributed by atoms with Crippen LogP contribution in [0.15, 0.2) is 12.2 Å². The van der Waals surface area contributed by atoms with Crippen LogP contribution in [0.25, 0.3) is 0 Å². The van der Waals surface area contributed by atoms with Gasteiger partial charge in [0.1, 0.15) is 6.61 Å². The van der Waals surface area contributed by atoms with Gasteiger partial charge < -0.3 is 14.6 Å². The number of hydrogen-bond donors (Lipinski definition) is 1. The van der Waals surface area contributed by atoms with Gasteiger partial charge >= 0.3 is 17.9 Å². The topological polar surface area (TPSA) is 89.9 Å². The number of allylic oxidation sites excluding steroid dienone is 1. The minimum absolute atomic E-state index is 0.0887. The van der Waals surface area contributed by atoms with E-state index in [-0.39, 0.29) is 13.2 Å². The number of carbonyl (C=O) groups excluding carboxylic acids is 3. The van der Waals surface area contributed by atoms with E-state index in [0.717, 1.165) is 18.9 Å². The lowest BCUT2D eigenvalue weighted by Crippen LogP contribution is -2.36. The molecule has 1 saturated carbocycles. The van der Waals surface area contributed by atoms with Crippen molar-refractivity contribution in [2.45, 2.75) is 32.6 Å². The van der Waals surface area contributed by atoms with Crippen molar-refractivity contribution >= 4 is 17.9 Å². The molecular weight excluding hydrogens is 264 g/mol. The van der Waals surface area contributed by atoms with Crippen LogP contribution in [-0.2, 0) is 23.9 Å². The van der Waals surface area contributed by atoms with E-state index in [0.29, 0.717) is 12.8 Å². The van der Waals surface area contributed by atoms with Crippen molar-refractivity contribution in [3.05, 3.63) is 12.2 Å². The summed E-state index contributed by atoms with van der Waals surface area (Å²) >= 11 is 0. The molecule has 0 aromatic carbocycles. The number of aliphatic hydroxyl groups is 1. The van der Waals surface area contributed by atoms with Crippen molar-refractivity contribution in [1.29, 1.82) is 0 Å². The Labute approximate surface area is 117 Å². The zero-order valence-corrected chi connectivity index (χ0v) is 11.5. The van der Waals surface area contributed by atoms with Crippen molar-refractivity contribution in [2.75, 3.05) is 13.2 Å². The fraction of sp³-hybridized carbons (Fsp3) is 0.643. The van der Waals surface area contributed by atoms with Crippen molar-refractivity contribution < 1.29 is 29.0 Å². The Morgan fingerprint density at radius 1 is 1.15 bits per heavy atom. The lowest BCUT2D eigenvalue weighted by Gasteiger charge is -2.27. The van der Waals surface area contributed by atoms with Gasteiger partial charge in [0.15, 0.2) is 0 Å². The predicted molar refractivity (Wildman–Crippen MR) is 69.4 cm³/mol. The first-order chi connectivity index (χ1) is 9.60. The molecule has 0 aromatic heterocycles. The molecule has 6 nitrogen and oxygen atoms in total. The monoisotopic (exact) mass is 284 g/mol. The third kappa shape index (κ3) is 4.77. The molecule has 0 saturated heterocycles. The Hall–Kier alpha value is -1.69. The highest BCUT2D eigenvalue weighted by molar-refractivity contribution is 5.94. The molecule has 0 aliphatic heterocycles. The van der Waals surface area contributed by atoms with Gasteiger partial charge in [0, 0.05) is 6.08 Å². The number of carbonyl (C=O) groups is 3. The second-order valence-electron chi connectivity index (χ2n) is 4.63. The molecular formula is C14H20O6. The number of rotatable bonds is 5. The van der Waals surface area contributed by atoms with Gasteiger partial charge in [-0.1, -0.05) is 18.9 Å². The standard InChI is InChI=1S/C14H20O6/c1-2-5-12(16)20-14(18)11-7-4-3-6-10(11)13(17)19-9-8-15/h2,5,10-11,15H,3-4,6-9H2,1H3. The van der Waals surface area contributed by atoms with Crippen molar-refractivity contribution in [3.8, 4) is 0 Å². The first-order valence-corrected chi connectivity index (χ1v) is 6.76. The summed E-state index contributed by atoms with van der Waals surface area (Å²) in [6, 6.07) is 0. The van der Waals surface area contributed by atoms with Crippen LogP contribution in [0, 0.1) is 11.8 Å².